The van der Waals surface area contributed by atoms with Crippen molar-refractivity contribution < 1.29 is 4.48 Å². The highest BCUT2D eigenvalue weighted by atomic mass is 15.4. The molecule has 60 valence electrons. The van der Waals surface area contributed by atoms with Crippen molar-refractivity contribution in [2.45, 2.75) is 39.7 Å². The first-order valence-electron chi connectivity index (χ1n) is 4.61. The van der Waals surface area contributed by atoms with E-state index < -0.39 is 0 Å². The standard InChI is InChI=1S/C9H20N/c1-4-10(5-2)8-6-7-9(10)3/h9H,4-8H2,1-3H3/q+1. The third kappa shape index (κ3) is 1.07. The highest BCUT2D eigenvalue weighted by Crippen LogP contribution is 2.25. The minimum absolute atomic E-state index is 0.926. The third-order valence-corrected chi connectivity index (χ3v) is 3.42. The molecule has 0 aromatic rings. The predicted octanol–water partition coefficient (Wildman–Crippen LogP) is 2.03. The maximum Gasteiger partial charge on any atom is 0.0863 e. The molecule has 1 aliphatic rings. The summed E-state index contributed by atoms with van der Waals surface area (Å²) in [6.45, 7) is 11.1. The summed E-state index contributed by atoms with van der Waals surface area (Å²) in [5.74, 6) is 0. The molecule has 1 unspecified atom stereocenters. The fraction of sp³-hybridized carbons (Fsp3) is 1.00. The predicted molar refractivity (Wildman–Crippen MR) is 44.9 cm³/mol. The molecular weight excluding hydrogens is 122 g/mol. The van der Waals surface area contributed by atoms with E-state index in [9.17, 15) is 0 Å². The second-order valence-corrected chi connectivity index (χ2v) is 3.57. The monoisotopic (exact) mass is 142 g/mol. The summed E-state index contributed by atoms with van der Waals surface area (Å²) in [5, 5.41) is 0. The van der Waals surface area contributed by atoms with Gasteiger partial charge < -0.3 is 4.48 Å². The lowest BCUT2D eigenvalue weighted by Gasteiger charge is -2.36. The molecule has 10 heavy (non-hydrogen) atoms. The van der Waals surface area contributed by atoms with Crippen LogP contribution in [0.3, 0.4) is 0 Å². The summed E-state index contributed by atoms with van der Waals surface area (Å²) >= 11 is 0. The quantitative estimate of drug-likeness (QED) is 0.517. The Morgan fingerprint density at radius 3 is 2.10 bits per heavy atom. The number of rotatable bonds is 2. The maximum atomic E-state index is 2.40. The van der Waals surface area contributed by atoms with E-state index in [0.717, 1.165) is 6.04 Å². The average Bonchev–Trinajstić information content (AvgIpc) is 2.32. The van der Waals surface area contributed by atoms with Crippen molar-refractivity contribution in [1.82, 2.24) is 0 Å². The van der Waals surface area contributed by atoms with Gasteiger partial charge in [-0.05, 0) is 20.8 Å². The van der Waals surface area contributed by atoms with Crippen LogP contribution in [-0.2, 0) is 0 Å². The Hall–Kier alpha value is -0.0400. The molecule has 1 rings (SSSR count). The van der Waals surface area contributed by atoms with Gasteiger partial charge in [-0.25, -0.2) is 0 Å². The van der Waals surface area contributed by atoms with Crippen LogP contribution in [0, 0.1) is 0 Å². The molecule has 1 fully saturated rings. The van der Waals surface area contributed by atoms with Crippen molar-refractivity contribution in [1.29, 1.82) is 0 Å². The van der Waals surface area contributed by atoms with Crippen LogP contribution in [0.2, 0.25) is 0 Å². The molecule has 0 saturated carbocycles. The molecule has 1 heterocycles. The lowest BCUT2D eigenvalue weighted by Crippen LogP contribution is -2.49. The maximum absolute atomic E-state index is 2.40. The van der Waals surface area contributed by atoms with Crippen LogP contribution in [0.5, 0.6) is 0 Å². The Balaban J connectivity index is 2.61. The summed E-state index contributed by atoms with van der Waals surface area (Å²) in [6, 6.07) is 0.926. The molecule has 0 spiro atoms. The van der Waals surface area contributed by atoms with Crippen molar-refractivity contribution in [3.05, 3.63) is 0 Å². The minimum atomic E-state index is 0.926. The van der Waals surface area contributed by atoms with E-state index in [2.05, 4.69) is 20.8 Å². The molecule has 1 heteroatoms. The Morgan fingerprint density at radius 2 is 1.90 bits per heavy atom. The molecule has 0 aromatic heterocycles. The summed E-state index contributed by atoms with van der Waals surface area (Å²) in [7, 11) is 0. The number of hydrogen-bond donors (Lipinski definition) is 0. The van der Waals surface area contributed by atoms with Gasteiger partial charge >= 0.3 is 0 Å². The van der Waals surface area contributed by atoms with Crippen LogP contribution in [0.25, 0.3) is 0 Å². The highest BCUT2D eigenvalue weighted by Gasteiger charge is 2.35. The number of hydrogen-bond acceptors (Lipinski definition) is 0. The van der Waals surface area contributed by atoms with Crippen molar-refractivity contribution in [3.8, 4) is 0 Å². The van der Waals surface area contributed by atoms with E-state index in [4.69, 9.17) is 0 Å². The third-order valence-electron chi connectivity index (χ3n) is 3.42. The van der Waals surface area contributed by atoms with Gasteiger partial charge in [-0.1, -0.05) is 0 Å². The zero-order valence-corrected chi connectivity index (χ0v) is 7.56. The van der Waals surface area contributed by atoms with E-state index in [-0.39, 0.29) is 0 Å². The molecule has 0 aliphatic carbocycles. The first-order chi connectivity index (χ1) is 4.75. The molecule has 1 nitrogen and oxygen atoms in total. The van der Waals surface area contributed by atoms with E-state index in [1.54, 1.807) is 0 Å². The van der Waals surface area contributed by atoms with Crippen LogP contribution in [0.1, 0.15) is 33.6 Å². The van der Waals surface area contributed by atoms with Gasteiger partial charge in [0, 0.05) is 12.8 Å². The van der Waals surface area contributed by atoms with Crippen LogP contribution in [-0.4, -0.2) is 30.2 Å². The Kier molecular flexibility index (Phi) is 2.35. The van der Waals surface area contributed by atoms with E-state index in [0.29, 0.717) is 0 Å². The van der Waals surface area contributed by atoms with Crippen LogP contribution < -0.4 is 0 Å². The van der Waals surface area contributed by atoms with Gasteiger partial charge in [0.15, 0.2) is 0 Å². The van der Waals surface area contributed by atoms with Gasteiger partial charge in [0.1, 0.15) is 0 Å². The first kappa shape index (κ1) is 8.06. The molecule has 1 saturated heterocycles. The van der Waals surface area contributed by atoms with Crippen molar-refractivity contribution in [2.75, 3.05) is 19.6 Å². The summed E-state index contributed by atoms with van der Waals surface area (Å²) < 4.78 is 1.38. The van der Waals surface area contributed by atoms with Crippen molar-refractivity contribution in [2.24, 2.45) is 0 Å². The van der Waals surface area contributed by atoms with Gasteiger partial charge in [0.2, 0.25) is 0 Å². The van der Waals surface area contributed by atoms with Crippen molar-refractivity contribution in [3.63, 3.8) is 0 Å². The normalized spacial score (nSPS) is 30.9. The van der Waals surface area contributed by atoms with Gasteiger partial charge in [-0.3, -0.25) is 0 Å². The number of nitrogens with zero attached hydrogens (tertiary/aromatic N) is 1. The number of quaternary nitrogens is 1. The van der Waals surface area contributed by atoms with Gasteiger partial charge in [-0.2, -0.15) is 0 Å². The second kappa shape index (κ2) is 2.91. The van der Waals surface area contributed by atoms with Crippen LogP contribution in [0.15, 0.2) is 0 Å². The highest BCUT2D eigenvalue weighted by molar-refractivity contribution is 4.62. The molecule has 0 bridgehead atoms. The molecular formula is C9H20N+. The molecule has 1 atom stereocenters. The summed E-state index contributed by atoms with van der Waals surface area (Å²) in [5.41, 5.74) is 0. The van der Waals surface area contributed by atoms with E-state index in [1.807, 2.05) is 0 Å². The Bertz CT molecular complexity index is 105. The zero-order chi connectivity index (χ0) is 7.61. The molecule has 0 aromatic carbocycles. The lowest BCUT2D eigenvalue weighted by atomic mass is 10.2. The average molecular weight is 142 g/mol. The van der Waals surface area contributed by atoms with Gasteiger partial charge in [0.25, 0.3) is 0 Å². The van der Waals surface area contributed by atoms with Crippen LogP contribution in [0.4, 0.5) is 0 Å². The molecule has 1 aliphatic heterocycles. The largest absolute Gasteiger partial charge is 0.322 e. The van der Waals surface area contributed by atoms with Gasteiger partial charge in [-0.15, -0.1) is 0 Å². The second-order valence-electron chi connectivity index (χ2n) is 3.57. The lowest BCUT2D eigenvalue weighted by molar-refractivity contribution is -0.934. The zero-order valence-electron chi connectivity index (χ0n) is 7.56. The molecule has 0 amide bonds. The first-order valence-corrected chi connectivity index (χ1v) is 4.61. The Morgan fingerprint density at radius 1 is 1.30 bits per heavy atom. The summed E-state index contributed by atoms with van der Waals surface area (Å²) in [6.07, 6.45) is 2.89. The smallest absolute Gasteiger partial charge is 0.0863 e. The van der Waals surface area contributed by atoms with E-state index >= 15 is 0 Å². The SMILES string of the molecule is CC[N+]1(CC)CCCC1C. The minimum Gasteiger partial charge on any atom is -0.322 e. The fourth-order valence-corrected chi connectivity index (χ4v) is 2.36. The fourth-order valence-electron chi connectivity index (χ4n) is 2.36. The van der Waals surface area contributed by atoms with Crippen LogP contribution >= 0.6 is 0 Å². The van der Waals surface area contributed by atoms with E-state index in [1.165, 1.54) is 37.0 Å². The molecule has 0 N–H and O–H groups in total. The number of likely N-dealkylation sites (tertiary alicyclic amines) is 1. The van der Waals surface area contributed by atoms with Crippen molar-refractivity contribution >= 4 is 0 Å². The Labute approximate surface area is 64.6 Å². The molecule has 0 radical (unpaired) electrons. The van der Waals surface area contributed by atoms with Gasteiger partial charge in [0.05, 0.1) is 25.7 Å². The topological polar surface area (TPSA) is 0 Å². The summed E-state index contributed by atoms with van der Waals surface area (Å²) in [4.78, 5) is 0.